The van der Waals surface area contributed by atoms with E-state index in [9.17, 15) is 8.42 Å². The molecule has 1 aromatic heterocycles. The Bertz CT molecular complexity index is 517. The van der Waals surface area contributed by atoms with Gasteiger partial charge in [0.2, 0.25) is 0 Å². The van der Waals surface area contributed by atoms with Gasteiger partial charge in [-0.25, -0.2) is 8.42 Å². The molecule has 0 radical (unpaired) electrons. The van der Waals surface area contributed by atoms with Crippen molar-refractivity contribution in [3.05, 3.63) is 0 Å². The maximum absolute atomic E-state index is 12.3. The summed E-state index contributed by atoms with van der Waals surface area (Å²) in [6.07, 6.45) is 5.22. The lowest BCUT2D eigenvalue weighted by Crippen LogP contribution is -2.25. The Hall–Kier alpha value is -0.820. The van der Waals surface area contributed by atoms with Gasteiger partial charge in [0.05, 0.1) is 5.75 Å². The molecule has 7 heteroatoms. The lowest BCUT2D eigenvalue weighted by Gasteiger charge is -2.21. The highest BCUT2D eigenvalue weighted by Gasteiger charge is 2.28. The van der Waals surface area contributed by atoms with Gasteiger partial charge >= 0.3 is 0 Å². The minimum Gasteiger partial charge on any atom is -0.382 e. The first-order valence-electron chi connectivity index (χ1n) is 6.79. The topological polar surface area (TPSA) is 76.3 Å². The molecule has 2 rings (SSSR count). The lowest BCUT2D eigenvalue weighted by molar-refractivity contribution is 0.595. The molecule has 0 saturated carbocycles. The summed E-state index contributed by atoms with van der Waals surface area (Å²) >= 11 is 1.22. The standard InChI is InChI=1S/C12H21N3O2S2/c1-2-9-19(16,17)10-11(13)14-18-12(10)15-7-5-3-4-6-8-15/h2-9H2,1H3,(H2,13,14). The minimum atomic E-state index is -3.31. The third-order valence-corrected chi connectivity index (χ3v) is 6.36. The largest absolute Gasteiger partial charge is 0.382 e. The van der Waals surface area contributed by atoms with E-state index in [4.69, 9.17) is 5.73 Å². The zero-order valence-electron chi connectivity index (χ0n) is 11.3. The minimum absolute atomic E-state index is 0.135. The SMILES string of the molecule is CCCS(=O)(=O)c1c(N)nsc1N1CCCCCC1. The number of rotatable bonds is 4. The van der Waals surface area contributed by atoms with E-state index in [1.54, 1.807) is 0 Å². The molecule has 0 bridgehead atoms. The summed E-state index contributed by atoms with van der Waals surface area (Å²) in [5.41, 5.74) is 5.80. The highest BCUT2D eigenvalue weighted by molar-refractivity contribution is 7.91. The van der Waals surface area contributed by atoms with Gasteiger partial charge in [-0.15, -0.1) is 0 Å². The Balaban J connectivity index is 2.36. The Morgan fingerprint density at radius 2 is 1.89 bits per heavy atom. The van der Waals surface area contributed by atoms with E-state index in [1.807, 2.05) is 6.92 Å². The molecule has 0 atom stereocenters. The zero-order chi connectivity index (χ0) is 13.9. The van der Waals surface area contributed by atoms with Crippen LogP contribution in [0.1, 0.15) is 39.0 Å². The fourth-order valence-electron chi connectivity index (χ4n) is 2.42. The summed E-state index contributed by atoms with van der Waals surface area (Å²) in [7, 11) is -3.31. The second-order valence-corrected chi connectivity index (χ2v) is 7.72. The van der Waals surface area contributed by atoms with Gasteiger partial charge in [-0.3, -0.25) is 0 Å². The molecule has 1 aliphatic heterocycles. The molecule has 0 unspecified atom stereocenters. The van der Waals surface area contributed by atoms with Crippen LogP contribution in [0.2, 0.25) is 0 Å². The molecular formula is C12H21N3O2S2. The second-order valence-electron chi connectivity index (χ2n) is 4.92. The first-order valence-corrected chi connectivity index (χ1v) is 9.21. The summed E-state index contributed by atoms with van der Waals surface area (Å²) in [5, 5.41) is 0.743. The first kappa shape index (κ1) is 14.6. The number of nitrogen functional groups attached to an aromatic ring is 1. The van der Waals surface area contributed by atoms with Crippen molar-refractivity contribution in [3.8, 4) is 0 Å². The van der Waals surface area contributed by atoms with Gasteiger partial charge in [-0.05, 0) is 30.8 Å². The number of sulfone groups is 1. The van der Waals surface area contributed by atoms with Gasteiger partial charge in [0.15, 0.2) is 15.7 Å². The Labute approximate surface area is 118 Å². The van der Waals surface area contributed by atoms with Crippen LogP contribution in [0.4, 0.5) is 10.8 Å². The quantitative estimate of drug-likeness (QED) is 0.923. The molecule has 1 aliphatic rings. The van der Waals surface area contributed by atoms with Crippen molar-refractivity contribution in [1.29, 1.82) is 0 Å². The smallest absolute Gasteiger partial charge is 0.185 e. The van der Waals surface area contributed by atoms with Gasteiger partial charge in [0, 0.05) is 13.1 Å². The van der Waals surface area contributed by atoms with Crippen LogP contribution < -0.4 is 10.6 Å². The van der Waals surface area contributed by atoms with Crippen molar-refractivity contribution < 1.29 is 8.42 Å². The van der Waals surface area contributed by atoms with Gasteiger partial charge < -0.3 is 10.6 Å². The van der Waals surface area contributed by atoms with Crippen LogP contribution in [0.25, 0.3) is 0 Å². The van der Waals surface area contributed by atoms with E-state index in [1.165, 1.54) is 24.4 Å². The van der Waals surface area contributed by atoms with Crippen LogP contribution in [-0.4, -0.2) is 31.6 Å². The summed E-state index contributed by atoms with van der Waals surface area (Å²) in [6, 6.07) is 0. The van der Waals surface area contributed by atoms with E-state index < -0.39 is 9.84 Å². The molecule has 5 nitrogen and oxygen atoms in total. The van der Waals surface area contributed by atoms with E-state index in [-0.39, 0.29) is 16.5 Å². The first-order chi connectivity index (χ1) is 9.06. The van der Waals surface area contributed by atoms with Gasteiger partial charge in [-0.1, -0.05) is 19.8 Å². The van der Waals surface area contributed by atoms with Crippen molar-refractivity contribution in [2.75, 3.05) is 29.5 Å². The molecular weight excluding hydrogens is 282 g/mol. The van der Waals surface area contributed by atoms with Crippen LogP contribution in [0.15, 0.2) is 4.90 Å². The van der Waals surface area contributed by atoms with E-state index in [0.717, 1.165) is 30.9 Å². The average Bonchev–Trinajstić information content (AvgIpc) is 2.59. The predicted molar refractivity (Wildman–Crippen MR) is 79.6 cm³/mol. The number of anilines is 2. The molecule has 1 aromatic rings. The maximum Gasteiger partial charge on any atom is 0.185 e. The molecule has 2 heterocycles. The third-order valence-electron chi connectivity index (χ3n) is 3.33. The molecule has 19 heavy (non-hydrogen) atoms. The third kappa shape index (κ3) is 3.20. The fourth-order valence-corrected chi connectivity index (χ4v) is 5.24. The monoisotopic (exact) mass is 303 g/mol. The molecule has 1 saturated heterocycles. The van der Waals surface area contributed by atoms with E-state index in [0.29, 0.717) is 6.42 Å². The summed E-state index contributed by atoms with van der Waals surface area (Å²) < 4.78 is 28.7. The zero-order valence-corrected chi connectivity index (χ0v) is 12.9. The van der Waals surface area contributed by atoms with Crippen molar-refractivity contribution >= 4 is 32.2 Å². The van der Waals surface area contributed by atoms with Crippen molar-refractivity contribution in [2.24, 2.45) is 0 Å². The van der Waals surface area contributed by atoms with E-state index in [2.05, 4.69) is 9.27 Å². The molecule has 108 valence electrons. The number of hydrogen-bond donors (Lipinski definition) is 1. The van der Waals surface area contributed by atoms with Gasteiger partial charge in [-0.2, -0.15) is 4.37 Å². The number of nitrogens with zero attached hydrogens (tertiary/aromatic N) is 2. The lowest BCUT2D eigenvalue weighted by atomic mass is 10.2. The Kier molecular flexibility index (Phi) is 4.67. The molecule has 0 aliphatic carbocycles. The van der Waals surface area contributed by atoms with Crippen LogP contribution in [0.3, 0.4) is 0 Å². The van der Waals surface area contributed by atoms with Gasteiger partial charge in [0.1, 0.15) is 9.90 Å². The Morgan fingerprint density at radius 1 is 1.26 bits per heavy atom. The fraction of sp³-hybridized carbons (Fsp3) is 0.750. The predicted octanol–water partition coefficient (Wildman–Crippen LogP) is 2.29. The van der Waals surface area contributed by atoms with Crippen molar-refractivity contribution in [3.63, 3.8) is 0 Å². The molecule has 0 spiro atoms. The highest BCUT2D eigenvalue weighted by Crippen LogP contribution is 2.36. The van der Waals surface area contributed by atoms with Gasteiger partial charge in [0.25, 0.3) is 0 Å². The van der Waals surface area contributed by atoms with Crippen LogP contribution in [0.5, 0.6) is 0 Å². The van der Waals surface area contributed by atoms with Crippen LogP contribution in [-0.2, 0) is 9.84 Å². The van der Waals surface area contributed by atoms with Crippen molar-refractivity contribution in [2.45, 2.75) is 43.9 Å². The maximum atomic E-state index is 12.3. The van der Waals surface area contributed by atoms with Crippen LogP contribution in [0, 0.1) is 0 Å². The number of hydrogen-bond acceptors (Lipinski definition) is 6. The average molecular weight is 303 g/mol. The molecule has 0 aromatic carbocycles. The second kappa shape index (κ2) is 6.09. The summed E-state index contributed by atoms with van der Waals surface area (Å²) in [4.78, 5) is 2.41. The van der Waals surface area contributed by atoms with Crippen LogP contribution >= 0.6 is 11.5 Å². The molecule has 1 fully saturated rings. The molecule has 0 amide bonds. The van der Waals surface area contributed by atoms with Crippen molar-refractivity contribution in [1.82, 2.24) is 4.37 Å². The molecule has 2 N–H and O–H groups in total. The normalized spacial score (nSPS) is 17.4. The summed E-state index contributed by atoms with van der Waals surface area (Å²) in [5.74, 6) is 0.300. The summed E-state index contributed by atoms with van der Waals surface area (Å²) in [6.45, 7) is 3.66. The van der Waals surface area contributed by atoms with E-state index >= 15 is 0 Å². The number of nitrogens with two attached hydrogens (primary N) is 1. The number of aromatic nitrogens is 1. The highest BCUT2D eigenvalue weighted by atomic mass is 32.2. The Morgan fingerprint density at radius 3 is 2.47 bits per heavy atom.